The first-order valence-electron chi connectivity index (χ1n) is 6.49. The minimum absolute atomic E-state index is 0.196. The average Bonchev–Trinajstić information content (AvgIpc) is 3.17. The molecule has 1 aromatic carbocycles. The molecule has 0 aliphatic carbocycles. The Labute approximate surface area is 130 Å². The van der Waals surface area contributed by atoms with Gasteiger partial charge in [0.2, 0.25) is 18.1 Å². The Balaban J connectivity index is 1.63. The lowest BCUT2D eigenvalue weighted by molar-refractivity contribution is -0.111. The van der Waals surface area contributed by atoms with Crippen LogP contribution in [0.1, 0.15) is 9.88 Å². The van der Waals surface area contributed by atoms with Gasteiger partial charge in [0.1, 0.15) is 0 Å². The molecule has 0 fully saturated rings. The van der Waals surface area contributed by atoms with Gasteiger partial charge in [-0.15, -0.1) is 11.3 Å². The SMILES string of the molecule is Cc1ncc(C=CC(=O)Nc2ccc(-c3ncon3)cc2)s1. The van der Waals surface area contributed by atoms with Crippen molar-refractivity contribution in [2.75, 3.05) is 5.32 Å². The van der Waals surface area contributed by atoms with Crippen molar-refractivity contribution in [2.45, 2.75) is 6.92 Å². The van der Waals surface area contributed by atoms with E-state index in [0.717, 1.165) is 15.4 Å². The maximum atomic E-state index is 11.9. The second kappa shape index (κ2) is 6.31. The number of hydrogen-bond acceptors (Lipinski definition) is 6. The van der Waals surface area contributed by atoms with Crippen molar-refractivity contribution in [3.05, 3.63) is 52.8 Å². The van der Waals surface area contributed by atoms with E-state index in [9.17, 15) is 4.79 Å². The Kier molecular flexibility index (Phi) is 4.06. The molecular weight excluding hydrogens is 300 g/mol. The fourth-order valence-corrected chi connectivity index (χ4v) is 2.49. The smallest absolute Gasteiger partial charge is 0.248 e. The van der Waals surface area contributed by atoms with Gasteiger partial charge in [-0.3, -0.25) is 4.79 Å². The minimum Gasteiger partial charge on any atom is -0.342 e. The molecule has 2 aromatic heterocycles. The summed E-state index contributed by atoms with van der Waals surface area (Å²) in [6.45, 7) is 1.92. The van der Waals surface area contributed by atoms with Gasteiger partial charge >= 0.3 is 0 Å². The maximum Gasteiger partial charge on any atom is 0.248 e. The molecule has 0 aliphatic heterocycles. The van der Waals surface area contributed by atoms with Gasteiger partial charge in [-0.05, 0) is 37.3 Å². The Morgan fingerprint density at radius 3 is 2.73 bits per heavy atom. The van der Waals surface area contributed by atoms with Crippen molar-refractivity contribution >= 4 is 29.0 Å². The van der Waals surface area contributed by atoms with Crippen molar-refractivity contribution in [2.24, 2.45) is 0 Å². The van der Waals surface area contributed by atoms with Gasteiger partial charge < -0.3 is 9.84 Å². The summed E-state index contributed by atoms with van der Waals surface area (Å²) in [4.78, 5) is 20.9. The molecule has 1 N–H and O–H groups in total. The van der Waals surface area contributed by atoms with Crippen LogP contribution in [0, 0.1) is 6.92 Å². The van der Waals surface area contributed by atoms with Gasteiger partial charge in [0.25, 0.3) is 0 Å². The van der Waals surface area contributed by atoms with Crippen LogP contribution in [0.4, 0.5) is 5.69 Å². The van der Waals surface area contributed by atoms with Crippen LogP contribution in [0.15, 0.2) is 47.5 Å². The van der Waals surface area contributed by atoms with E-state index in [4.69, 9.17) is 4.52 Å². The third-order valence-electron chi connectivity index (χ3n) is 2.81. The summed E-state index contributed by atoms with van der Waals surface area (Å²) in [6, 6.07) is 7.20. The lowest BCUT2D eigenvalue weighted by Gasteiger charge is -2.02. The Hall–Kier alpha value is -2.80. The molecule has 0 aliphatic rings. The third-order valence-corrected chi connectivity index (χ3v) is 3.69. The summed E-state index contributed by atoms with van der Waals surface area (Å²) in [5.41, 5.74) is 1.52. The zero-order chi connectivity index (χ0) is 15.4. The molecule has 0 bridgehead atoms. The highest BCUT2D eigenvalue weighted by atomic mass is 32.1. The van der Waals surface area contributed by atoms with Gasteiger partial charge in [-0.25, -0.2) is 4.98 Å². The topological polar surface area (TPSA) is 80.9 Å². The molecule has 0 atom stereocenters. The van der Waals surface area contributed by atoms with E-state index < -0.39 is 0 Å². The van der Waals surface area contributed by atoms with Crippen LogP contribution in [-0.2, 0) is 4.79 Å². The number of carbonyl (C=O) groups is 1. The standard InChI is InChI=1S/C15H12N4O2S/c1-10-16-8-13(22-10)6-7-14(20)18-12-4-2-11(3-5-12)15-17-9-21-19-15/h2-9H,1H3,(H,18,20). The number of aromatic nitrogens is 3. The molecule has 3 aromatic rings. The van der Waals surface area contributed by atoms with Crippen LogP contribution < -0.4 is 5.32 Å². The lowest BCUT2D eigenvalue weighted by Crippen LogP contribution is -2.07. The molecule has 0 spiro atoms. The third kappa shape index (κ3) is 3.44. The van der Waals surface area contributed by atoms with Gasteiger partial charge in [-0.2, -0.15) is 4.98 Å². The zero-order valence-corrected chi connectivity index (χ0v) is 12.5. The predicted molar refractivity (Wildman–Crippen MR) is 84.2 cm³/mol. The number of carbonyl (C=O) groups excluding carboxylic acids is 1. The normalized spacial score (nSPS) is 11.0. The lowest BCUT2D eigenvalue weighted by atomic mass is 10.2. The number of anilines is 1. The molecule has 22 heavy (non-hydrogen) atoms. The molecule has 2 heterocycles. The Morgan fingerprint density at radius 1 is 1.27 bits per heavy atom. The van der Waals surface area contributed by atoms with Crippen LogP contribution in [0.2, 0.25) is 0 Å². The number of benzene rings is 1. The monoisotopic (exact) mass is 312 g/mol. The highest BCUT2D eigenvalue weighted by Crippen LogP contribution is 2.18. The molecular formula is C15H12N4O2S. The molecule has 0 saturated carbocycles. The van der Waals surface area contributed by atoms with Crippen molar-refractivity contribution in [1.82, 2.24) is 15.1 Å². The number of aryl methyl sites for hydroxylation is 1. The molecule has 0 radical (unpaired) electrons. The van der Waals surface area contributed by atoms with E-state index in [1.54, 1.807) is 24.4 Å². The fraction of sp³-hybridized carbons (Fsp3) is 0.0667. The van der Waals surface area contributed by atoms with Crippen LogP contribution in [-0.4, -0.2) is 21.0 Å². The van der Waals surface area contributed by atoms with Crippen molar-refractivity contribution < 1.29 is 9.32 Å². The van der Waals surface area contributed by atoms with Gasteiger partial charge in [-0.1, -0.05) is 5.16 Å². The van der Waals surface area contributed by atoms with E-state index in [1.165, 1.54) is 23.8 Å². The van der Waals surface area contributed by atoms with E-state index in [1.807, 2.05) is 19.1 Å². The fourth-order valence-electron chi connectivity index (χ4n) is 1.80. The molecule has 0 saturated heterocycles. The summed E-state index contributed by atoms with van der Waals surface area (Å²) in [5, 5.41) is 7.51. The number of amides is 1. The number of nitrogens with zero attached hydrogens (tertiary/aromatic N) is 3. The molecule has 6 nitrogen and oxygen atoms in total. The predicted octanol–water partition coefficient (Wildman–Crippen LogP) is 3.15. The van der Waals surface area contributed by atoms with Crippen LogP contribution in [0.5, 0.6) is 0 Å². The number of thiazole rings is 1. The molecule has 3 rings (SSSR count). The molecule has 0 unspecified atom stereocenters. The largest absolute Gasteiger partial charge is 0.342 e. The number of rotatable bonds is 4. The van der Waals surface area contributed by atoms with E-state index in [2.05, 4.69) is 20.4 Å². The summed E-state index contributed by atoms with van der Waals surface area (Å²) in [6.07, 6.45) is 6.24. The maximum absolute atomic E-state index is 11.9. The highest BCUT2D eigenvalue weighted by Gasteiger charge is 2.03. The highest BCUT2D eigenvalue weighted by molar-refractivity contribution is 7.12. The summed E-state index contributed by atoms with van der Waals surface area (Å²) in [7, 11) is 0. The van der Waals surface area contributed by atoms with Gasteiger partial charge in [0.05, 0.1) is 5.01 Å². The first-order valence-corrected chi connectivity index (χ1v) is 7.31. The summed E-state index contributed by atoms with van der Waals surface area (Å²) < 4.78 is 4.70. The van der Waals surface area contributed by atoms with Crippen molar-refractivity contribution in [1.29, 1.82) is 0 Å². The van der Waals surface area contributed by atoms with E-state index >= 15 is 0 Å². The van der Waals surface area contributed by atoms with Crippen LogP contribution in [0.25, 0.3) is 17.5 Å². The summed E-state index contributed by atoms with van der Waals surface area (Å²) in [5.74, 6) is 0.316. The first kappa shape index (κ1) is 14.2. The van der Waals surface area contributed by atoms with Crippen LogP contribution in [0.3, 0.4) is 0 Å². The van der Waals surface area contributed by atoms with E-state index in [0.29, 0.717) is 11.5 Å². The number of nitrogens with one attached hydrogen (secondary N) is 1. The average molecular weight is 312 g/mol. The van der Waals surface area contributed by atoms with Gasteiger partial charge in [0, 0.05) is 28.4 Å². The van der Waals surface area contributed by atoms with E-state index in [-0.39, 0.29) is 5.91 Å². The molecule has 1 amide bonds. The second-order valence-electron chi connectivity index (χ2n) is 4.44. The quantitative estimate of drug-likeness (QED) is 0.748. The second-order valence-corrected chi connectivity index (χ2v) is 5.70. The number of hydrogen-bond donors (Lipinski definition) is 1. The minimum atomic E-state index is -0.196. The summed E-state index contributed by atoms with van der Waals surface area (Å²) >= 11 is 1.54. The van der Waals surface area contributed by atoms with Crippen molar-refractivity contribution in [3.8, 4) is 11.4 Å². The molecule has 110 valence electrons. The zero-order valence-electron chi connectivity index (χ0n) is 11.7. The Bertz CT molecular complexity index is 791. The van der Waals surface area contributed by atoms with Crippen molar-refractivity contribution in [3.63, 3.8) is 0 Å². The van der Waals surface area contributed by atoms with Crippen LogP contribution >= 0.6 is 11.3 Å². The van der Waals surface area contributed by atoms with Gasteiger partial charge in [0.15, 0.2) is 0 Å². The first-order chi connectivity index (χ1) is 10.7. The Morgan fingerprint density at radius 2 is 2.09 bits per heavy atom. The molecule has 7 heteroatoms.